The van der Waals surface area contributed by atoms with E-state index in [0.717, 1.165) is 17.7 Å². The highest BCUT2D eigenvalue weighted by atomic mass is 35.5. The van der Waals surface area contributed by atoms with Crippen molar-refractivity contribution >= 4 is 29.9 Å². The van der Waals surface area contributed by atoms with Crippen molar-refractivity contribution in [3.63, 3.8) is 0 Å². The van der Waals surface area contributed by atoms with Gasteiger partial charge >= 0.3 is 0 Å². The number of aryl methyl sites for hydroxylation is 1. The lowest BCUT2D eigenvalue weighted by Gasteiger charge is -2.11. The van der Waals surface area contributed by atoms with Crippen molar-refractivity contribution < 1.29 is 14.3 Å². The molecule has 0 bridgehead atoms. The van der Waals surface area contributed by atoms with E-state index >= 15 is 0 Å². The van der Waals surface area contributed by atoms with Crippen LogP contribution in [0.3, 0.4) is 0 Å². The van der Waals surface area contributed by atoms with E-state index in [0.29, 0.717) is 43.8 Å². The molecule has 152 valence electrons. The van der Waals surface area contributed by atoms with Gasteiger partial charge in [-0.15, -0.1) is 12.4 Å². The van der Waals surface area contributed by atoms with Gasteiger partial charge in [-0.3, -0.25) is 9.59 Å². The van der Waals surface area contributed by atoms with Crippen molar-refractivity contribution in [1.29, 1.82) is 0 Å². The molecule has 7 heteroatoms. The number of nitrogens with one attached hydrogen (secondary N) is 2. The van der Waals surface area contributed by atoms with Gasteiger partial charge in [0.05, 0.1) is 17.9 Å². The molecule has 6 nitrogen and oxygen atoms in total. The molecular formula is C21H28ClN3O3. The summed E-state index contributed by atoms with van der Waals surface area (Å²) in [5.74, 6) is 0.476. The zero-order valence-corrected chi connectivity index (χ0v) is 16.9. The molecular weight excluding hydrogens is 378 g/mol. The van der Waals surface area contributed by atoms with Crippen molar-refractivity contribution in [3.8, 4) is 5.75 Å². The predicted molar refractivity (Wildman–Crippen MR) is 114 cm³/mol. The Balaban J connectivity index is 0.00000392. The Hall–Kier alpha value is -2.57. The molecule has 0 fully saturated rings. The largest absolute Gasteiger partial charge is 0.494 e. The summed E-state index contributed by atoms with van der Waals surface area (Å²) in [4.78, 5) is 24.3. The van der Waals surface area contributed by atoms with Crippen LogP contribution in [0.4, 0.5) is 5.69 Å². The fourth-order valence-electron chi connectivity index (χ4n) is 2.57. The number of para-hydroxylation sites is 1. The summed E-state index contributed by atoms with van der Waals surface area (Å²) in [6, 6.07) is 14.8. The summed E-state index contributed by atoms with van der Waals surface area (Å²) in [6.07, 6.45) is 1.86. The Morgan fingerprint density at radius 2 is 1.86 bits per heavy atom. The van der Waals surface area contributed by atoms with E-state index < -0.39 is 0 Å². The number of amides is 2. The lowest BCUT2D eigenvalue weighted by atomic mass is 10.1. The minimum Gasteiger partial charge on any atom is -0.494 e. The van der Waals surface area contributed by atoms with Crippen molar-refractivity contribution in [2.75, 3.05) is 25.0 Å². The van der Waals surface area contributed by atoms with Crippen LogP contribution in [0.2, 0.25) is 0 Å². The number of halogens is 1. The molecule has 2 aromatic rings. The summed E-state index contributed by atoms with van der Waals surface area (Å²) >= 11 is 0. The van der Waals surface area contributed by atoms with Gasteiger partial charge in [0, 0.05) is 19.5 Å². The maximum absolute atomic E-state index is 12.2. The summed E-state index contributed by atoms with van der Waals surface area (Å²) in [6.45, 7) is 3.34. The molecule has 0 saturated carbocycles. The number of rotatable bonds is 10. The first-order chi connectivity index (χ1) is 13.1. The third-order valence-electron chi connectivity index (χ3n) is 3.93. The van der Waals surface area contributed by atoms with Gasteiger partial charge in [-0.2, -0.15) is 0 Å². The molecule has 28 heavy (non-hydrogen) atoms. The van der Waals surface area contributed by atoms with Crippen LogP contribution < -0.4 is 21.1 Å². The SMILES string of the molecule is Cc1cccc(OCCCCC(=O)Nc2ccccc2C(=O)NCCN)c1.Cl. The molecule has 2 rings (SSSR count). The Labute approximate surface area is 172 Å². The van der Waals surface area contributed by atoms with Crippen LogP contribution in [0.5, 0.6) is 5.75 Å². The highest BCUT2D eigenvalue weighted by Gasteiger charge is 2.12. The lowest BCUT2D eigenvalue weighted by Crippen LogP contribution is -2.29. The van der Waals surface area contributed by atoms with Gasteiger partial charge in [0.2, 0.25) is 5.91 Å². The van der Waals surface area contributed by atoms with Crippen LogP contribution in [-0.4, -0.2) is 31.5 Å². The smallest absolute Gasteiger partial charge is 0.253 e. The fourth-order valence-corrected chi connectivity index (χ4v) is 2.57. The van der Waals surface area contributed by atoms with E-state index in [4.69, 9.17) is 10.5 Å². The van der Waals surface area contributed by atoms with Gasteiger partial charge in [0.25, 0.3) is 5.91 Å². The van der Waals surface area contributed by atoms with Crippen molar-refractivity contribution in [2.24, 2.45) is 5.73 Å². The van der Waals surface area contributed by atoms with Crippen LogP contribution in [0.25, 0.3) is 0 Å². The highest BCUT2D eigenvalue weighted by Crippen LogP contribution is 2.16. The standard InChI is InChI=1S/C21H27N3O3.ClH/c1-16-7-6-8-17(15-16)27-14-5-4-11-20(25)24-19-10-3-2-9-18(19)21(26)23-13-12-22;/h2-3,6-10,15H,4-5,11-14,22H2,1H3,(H,23,26)(H,24,25);1H. The van der Waals surface area contributed by atoms with Crippen LogP contribution in [-0.2, 0) is 4.79 Å². The second-order valence-corrected chi connectivity index (χ2v) is 6.26. The second-order valence-electron chi connectivity index (χ2n) is 6.26. The molecule has 0 spiro atoms. The fraction of sp³-hybridized carbons (Fsp3) is 0.333. The van der Waals surface area contributed by atoms with Crippen LogP contribution in [0.15, 0.2) is 48.5 Å². The number of carbonyl (C=O) groups is 2. The minimum atomic E-state index is -0.247. The van der Waals surface area contributed by atoms with Crippen LogP contribution in [0.1, 0.15) is 35.2 Å². The molecule has 0 aliphatic heterocycles. The zero-order valence-electron chi connectivity index (χ0n) is 16.1. The molecule has 0 aliphatic rings. The van der Waals surface area contributed by atoms with E-state index in [-0.39, 0.29) is 24.2 Å². The average Bonchev–Trinajstić information content (AvgIpc) is 2.66. The number of unbranched alkanes of at least 4 members (excludes halogenated alkanes) is 1. The first-order valence-corrected chi connectivity index (χ1v) is 9.17. The Bertz CT molecular complexity index is 768. The van der Waals surface area contributed by atoms with Gasteiger partial charge in [0.15, 0.2) is 0 Å². The van der Waals surface area contributed by atoms with Gasteiger partial charge in [0.1, 0.15) is 5.75 Å². The molecule has 0 atom stereocenters. The van der Waals surface area contributed by atoms with E-state index in [1.54, 1.807) is 24.3 Å². The monoisotopic (exact) mass is 405 g/mol. The molecule has 4 N–H and O–H groups in total. The number of anilines is 1. The van der Waals surface area contributed by atoms with Gasteiger partial charge in [-0.25, -0.2) is 0 Å². The first kappa shape index (κ1) is 23.5. The number of hydrogen-bond donors (Lipinski definition) is 3. The van der Waals surface area contributed by atoms with E-state index in [1.807, 2.05) is 31.2 Å². The summed E-state index contributed by atoms with van der Waals surface area (Å²) < 4.78 is 5.68. The number of hydrogen-bond acceptors (Lipinski definition) is 4. The molecule has 0 saturated heterocycles. The van der Waals surface area contributed by atoms with Gasteiger partial charge in [-0.1, -0.05) is 24.3 Å². The molecule has 2 amide bonds. The number of carbonyl (C=O) groups excluding carboxylic acids is 2. The van der Waals surface area contributed by atoms with Crippen molar-refractivity contribution in [3.05, 3.63) is 59.7 Å². The van der Waals surface area contributed by atoms with E-state index in [2.05, 4.69) is 10.6 Å². The number of benzene rings is 2. The van der Waals surface area contributed by atoms with Gasteiger partial charge < -0.3 is 21.1 Å². The third kappa shape index (κ3) is 7.98. The third-order valence-corrected chi connectivity index (χ3v) is 3.93. The maximum atomic E-state index is 12.2. The molecule has 0 unspecified atom stereocenters. The quantitative estimate of drug-likeness (QED) is 0.529. The zero-order chi connectivity index (χ0) is 19.5. The number of ether oxygens (including phenoxy) is 1. The molecule has 0 radical (unpaired) electrons. The number of nitrogens with two attached hydrogens (primary N) is 1. The van der Waals surface area contributed by atoms with Crippen molar-refractivity contribution in [2.45, 2.75) is 26.2 Å². The van der Waals surface area contributed by atoms with Gasteiger partial charge in [-0.05, 0) is 49.6 Å². The minimum absolute atomic E-state index is 0. The summed E-state index contributed by atoms with van der Waals surface area (Å²) in [7, 11) is 0. The first-order valence-electron chi connectivity index (χ1n) is 9.17. The highest BCUT2D eigenvalue weighted by molar-refractivity contribution is 6.03. The molecule has 0 heterocycles. The summed E-state index contributed by atoms with van der Waals surface area (Å²) in [5, 5.41) is 5.52. The molecule has 2 aromatic carbocycles. The van der Waals surface area contributed by atoms with Crippen molar-refractivity contribution in [1.82, 2.24) is 5.32 Å². The predicted octanol–water partition coefficient (Wildman–Crippen LogP) is 3.29. The Morgan fingerprint density at radius 3 is 2.61 bits per heavy atom. The second kappa shape index (κ2) is 12.8. The van der Waals surface area contributed by atoms with E-state index in [1.165, 1.54) is 0 Å². The lowest BCUT2D eigenvalue weighted by molar-refractivity contribution is -0.116. The Kier molecular flexibility index (Phi) is 10.7. The molecule has 0 aliphatic carbocycles. The molecule has 0 aromatic heterocycles. The maximum Gasteiger partial charge on any atom is 0.253 e. The average molecular weight is 406 g/mol. The Morgan fingerprint density at radius 1 is 1.07 bits per heavy atom. The van der Waals surface area contributed by atoms with Crippen LogP contribution >= 0.6 is 12.4 Å². The summed E-state index contributed by atoms with van der Waals surface area (Å²) in [5.41, 5.74) is 7.50. The normalized spacial score (nSPS) is 9.93. The van der Waals surface area contributed by atoms with Crippen LogP contribution in [0, 0.1) is 6.92 Å². The topological polar surface area (TPSA) is 93.4 Å². The van der Waals surface area contributed by atoms with E-state index in [9.17, 15) is 9.59 Å².